The lowest BCUT2D eigenvalue weighted by Crippen LogP contribution is -2.31. The molecule has 0 atom stereocenters. The zero-order valence-corrected chi connectivity index (χ0v) is 9.93. The van der Waals surface area contributed by atoms with Crippen LogP contribution in [0.4, 0.5) is 0 Å². The van der Waals surface area contributed by atoms with E-state index in [1.54, 1.807) is 22.6 Å². The number of hydrogen-bond acceptors (Lipinski definition) is 5. The zero-order valence-electron chi connectivity index (χ0n) is 7.77. The molecule has 0 saturated carbocycles. The van der Waals surface area contributed by atoms with Crippen molar-refractivity contribution < 1.29 is 24.7 Å². The van der Waals surface area contributed by atoms with Gasteiger partial charge in [0, 0.05) is 5.46 Å². The molecule has 0 radical (unpaired) electrons. The van der Waals surface area contributed by atoms with E-state index < -0.39 is 13.1 Å². The summed E-state index contributed by atoms with van der Waals surface area (Å²) < 4.78 is 4.82. The second-order valence-electron chi connectivity index (χ2n) is 2.76. The van der Waals surface area contributed by atoms with E-state index in [0.29, 0.717) is 3.57 Å². The van der Waals surface area contributed by atoms with Crippen LogP contribution < -0.4 is 5.46 Å². The summed E-state index contributed by atoms with van der Waals surface area (Å²) in [5, 5.41) is 27.4. The van der Waals surface area contributed by atoms with E-state index in [0.717, 1.165) is 0 Å². The lowest BCUT2D eigenvalue weighted by atomic mass is 9.79. The lowest BCUT2D eigenvalue weighted by Gasteiger charge is -2.07. The first-order chi connectivity index (χ1) is 6.97. The van der Waals surface area contributed by atoms with E-state index in [2.05, 4.69) is 4.74 Å². The number of esters is 1. The first-order valence-electron chi connectivity index (χ1n) is 3.94. The molecule has 0 spiro atoms. The number of hydrogen-bond donors (Lipinski definition) is 3. The number of phenols is 1. The molecule has 0 aliphatic rings. The van der Waals surface area contributed by atoms with E-state index in [9.17, 15) is 9.90 Å². The summed E-state index contributed by atoms with van der Waals surface area (Å²) in [5.74, 6) is -0.854. The molecule has 0 aliphatic heterocycles. The van der Waals surface area contributed by atoms with Crippen LogP contribution in [0, 0.1) is 3.57 Å². The molecule has 0 heterocycles. The van der Waals surface area contributed by atoms with E-state index in [1.165, 1.54) is 19.2 Å². The summed E-state index contributed by atoms with van der Waals surface area (Å²) in [4.78, 5) is 11.2. The molecule has 0 aliphatic carbocycles. The van der Waals surface area contributed by atoms with E-state index >= 15 is 0 Å². The molecule has 1 rings (SSSR count). The Hall–Kier alpha value is -0.795. The zero-order chi connectivity index (χ0) is 11.6. The molecule has 1 aromatic rings. The van der Waals surface area contributed by atoms with Gasteiger partial charge in [0.05, 0.1) is 16.2 Å². The highest BCUT2D eigenvalue weighted by atomic mass is 127. The normalized spacial score (nSPS) is 9.87. The van der Waals surface area contributed by atoms with Crippen LogP contribution in [0.2, 0.25) is 0 Å². The van der Waals surface area contributed by atoms with Crippen LogP contribution in [0.15, 0.2) is 12.1 Å². The first kappa shape index (κ1) is 12.3. The van der Waals surface area contributed by atoms with E-state index in [4.69, 9.17) is 10.0 Å². The van der Waals surface area contributed by atoms with E-state index in [-0.39, 0.29) is 16.8 Å². The largest absolute Gasteiger partial charge is 0.507 e. The Kier molecular flexibility index (Phi) is 3.94. The van der Waals surface area contributed by atoms with Gasteiger partial charge in [-0.2, -0.15) is 0 Å². The number of carbonyl (C=O) groups excluding carboxylic acids is 1. The summed E-state index contributed by atoms with van der Waals surface area (Å²) in [7, 11) is -0.611. The summed E-state index contributed by atoms with van der Waals surface area (Å²) in [6.07, 6.45) is 0. The standard InChI is InChI=1S/C8H8BIO5/c1-15-8(12)4-2-5(9(13)14)7(11)6(10)3-4/h2-3,11,13-14H,1H3. The molecule has 3 N–H and O–H groups in total. The number of methoxy groups -OCH3 is 1. The van der Waals surface area contributed by atoms with Gasteiger partial charge in [0.1, 0.15) is 5.75 Å². The molecule has 0 amide bonds. The van der Waals surface area contributed by atoms with Crippen LogP contribution in [0.5, 0.6) is 5.75 Å². The fourth-order valence-electron chi connectivity index (χ4n) is 1.05. The van der Waals surface area contributed by atoms with Crippen molar-refractivity contribution in [1.82, 2.24) is 0 Å². The second kappa shape index (κ2) is 4.82. The number of aromatic hydroxyl groups is 1. The van der Waals surface area contributed by atoms with Crippen molar-refractivity contribution >= 4 is 41.1 Å². The molecule has 0 unspecified atom stereocenters. The lowest BCUT2D eigenvalue weighted by molar-refractivity contribution is 0.0601. The molecule has 0 fully saturated rings. The third kappa shape index (κ3) is 2.61. The Balaban J connectivity index is 3.29. The Morgan fingerprint density at radius 3 is 2.53 bits per heavy atom. The number of rotatable bonds is 2. The number of benzene rings is 1. The van der Waals surface area contributed by atoms with Crippen molar-refractivity contribution in [3.05, 3.63) is 21.3 Å². The van der Waals surface area contributed by atoms with Gasteiger partial charge in [-0.15, -0.1) is 0 Å². The molecule has 1 aromatic carbocycles. The minimum absolute atomic E-state index is 0.123. The van der Waals surface area contributed by atoms with Crippen molar-refractivity contribution in [3.63, 3.8) is 0 Å². The highest BCUT2D eigenvalue weighted by Gasteiger charge is 2.21. The van der Waals surface area contributed by atoms with Crippen LogP contribution in [0.25, 0.3) is 0 Å². The van der Waals surface area contributed by atoms with Gasteiger partial charge in [0.2, 0.25) is 0 Å². The van der Waals surface area contributed by atoms with Crippen molar-refractivity contribution in [3.8, 4) is 5.75 Å². The number of phenolic OH excluding ortho intramolecular Hbond substituents is 1. The predicted octanol–water partition coefficient (Wildman–Crippen LogP) is -0.537. The van der Waals surface area contributed by atoms with Crippen molar-refractivity contribution in [1.29, 1.82) is 0 Å². The van der Waals surface area contributed by atoms with Gasteiger partial charge >= 0.3 is 13.1 Å². The van der Waals surface area contributed by atoms with Gasteiger partial charge in [0.15, 0.2) is 0 Å². The third-order valence-electron chi connectivity index (χ3n) is 1.79. The number of carbonyl (C=O) groups is 1. The molecule has 80 valence electrons. The number of ether oxygens (including phenoxy) is 1. The molecule has 0 aromatic heterocycles. The average Bonchev–Trinajstić information content (AvgIpc) is 2.20. The predicted molar refractivity (Wildman–Crippen MR) is 62.0 cm³/mol. The van der Waals surface area contributed by atoms with Gasteiger partial charge in [-0.25, -0.2) is 4.79 Å². The van der Waals surface area contributed by atoms with Crippen molar-refractivity contribution in [2.24, 2.45) is 0 Å². The van der Waals surface area contributed by atoms with Gasteiger partial charge < -0.3 is 19.9 Å². The molecule has 15 heavy (non-hydrogen) atoms. The van der Waals surface area contributed by atoms with E-state index in [1.807, 2.05) is 0 Å². The average molecular weight is 322 g/mol. The van der Waals surface area contributed by atoms with Gasteiger partial charge in [-0.05, 0) is 34.7 Å². The molecule has 0 bridgehead atoms. The highest BCUT2D eigenvalue weighted by Crippen LogP contribution is 2.19. The van der Waals surface area contributed by atoms with Gasteiger partial charge in [-0.1, -0.05) is 0 Å². The fraction of sp³-hybridized carbons (Fsp3) is 0.125. The summed E-state index contributed by atoms with van der Waals surface area (Å²) in [5.41, 5.74) is 0.0325. The van der Waals surface area contributed by atoms with Crippen molar-refractivity contribution in [2.45, 2.75) is 0 Å². The highest BCUT2D eigenvalue weighted by molar-refractivity contribution is 14.1. The third-order valence-corrected chi connectivity index (χ3v) is 2.61. The Labute approximate surface area is 100.0 Å². The fourth-order valence-corrected chi connectivity index (χ4v) is 1.70. The van der Waals surface area contributed by atoms with Crippen LogP contribution in [-0.4, -0.2) is 35.4 Å². The maximum Gasteiger partial charge on any atom is 0.492 e. The minimum Gasteiger partial charge on any atom is -0.507 e. The van der Waals surface area contributed by atoms with Crippen LogP contribution >= 0.6 is 22.6 Å². The topological polar surface area (TPSA) is 87.0 Å². The van der Waals surface area contributed by atoms with Crippen LogP contribution in [0.3, 0.4) is 0 Å². The Bertz CT molecular complexity index is 393. The Morgan fingerprint density at radius 1 is 1.47 bits per heavy atom. The SMILES string of the molecule is COC(=O)c1cc(I)c(O)c(B(O)O)c1. The smallest absolute Gasteiger partial charge is 0.492 e. The molecule has 7 heteroatoms. The van der Waals surface area contributed by atoms with Crippen LogP contribution in [0.1, 0.15) is 10.4 Å². The monoisotopic (exact) mass is 322 g/mol. The Morgan fingerprint density at radius 2 is 2.07 bits per heavy atom. The molecule has 0 saturated heterocycles. The maximum atomic E-state index is 11.2. The first-order valence-corrected chi connectivity index (χ1v) is 5.02. The quantitative estimate of drug-likeness (QED) is 0.387. The summed E-state index contributed by atoms with van der Waals surface area (Å²) in [6, 6.07) is 2.57. The second-order valence-corrected chi connectivity index (χ2v) is 3.92. The van der Waals surface area contributed by atoms with Crippen molar-refractivity contribution in [2.75, 3.05) is 7.11 Å². The van der Waals surface area contributed by atoms with Crippen LogP contribution in [-0.2, 0) is 4.74 Å². The summed E-state index contributed by atoms with van der Waals surface area (Å²) in [6.45, 7) is 0. The minimum atomic E-state index is -1.83. The molecular formula is C8H8BIO5. The van der Waals surface area contributed by atoms with Gasteiger partial charge in [0.25, 0.3) is 0 Å². The van der Waals surface area contributed by atoms with Gasteiger partial charge in [-0.3, -0.25) is 0 Å². The maximum absolute atomic E-state index is 11.2. The number of halogens is 1. The molecular weight excluding hydrogens is 314 g/mol. The molecule has 5 nitrogen and oxygen atoms in total. The summed E-state index contributed by atoms with van der Waals surface area (Å²) >= 11 is 1.78.